The van der Waals surface area contributed by atoms with E-state index in [2.05, 4.69) is 50.5 Å². The van der Waals surface area contributed by atoms with Crippen LogP contribution in [0.5, 0.6) is 0 Å². The van der Waals surface area contributed by atoms with E-state index in [1.54, 1.807) is 6.92 Å². The van der Waals surface area contributed by atoms with Crippen molar-refractivity contribution in [3.05, 3.63) is 0 Å². The number of thiol groups is 4. The molecule has 0 aromatic heterocycles. The summed E-state index contributed by atoms with van der Waals surface area (Å²) in [5, 5.41) is 0. The highest BCUT2D eigenvalue weighted by Crippen LogP contribution is 2.25. The molecular formula is C23H36O12S8. The fourth-order valence-electron chi connectivity index (χ4n) is 2.27. The van der Waals surface area contributed by atoms with E-state index in [0.717, 1.165) is 21.6 Å². The summed E-state index contributed by atoms with van der Waals surface area (Å²) in [5.41, 5.74) is 0. The smallest absolute Gasteiger partial charge is 0.316 e. The summed E-state index contributed by atoms with van der Waals surface area (Å²) in [6, 6.07) is 0. The van der Waals surface area contributed by atoms with Gasteiger partial charge in [-0.05, 0) is 0 Å². The zero-order valence-corrected chi connectivity index (χ0v) is 30.1. The highest BCUT2D eigenvalue weighted by Gasteiger charge is 2.19. The lowest BCUT2D eigenvalue weighted by Gasteiger charge is -2.19. The molecule has 0 aromatic carbocycles. The zero-order valence-electron chi connectivity index (χ0n) is 23.2. The van der Waals surface area contributed by atoms with Gasteiger partial charge in [0, 0.05) is 23.7 Å². The first kappa shape index (κ1) is 42.8. The molecule has 0 fully saturated rings. The summed E-state index contributed by atoms with van der Waals surface area (Å²) < 4.78 is 31.2. The topological polar surface area (TPSA) is 158 Å². The molecule has 12 nitrogen and oxygen atoms in total. The second kappa shape index (κ2) is 28.0. The second-order valence-corrected chi connectivity index (χ2v) is 14.2. The first-order valence-corrected chi connectivity index (χ1v) is 20.0. The van der Waals surface area contributed by atoms with Crippen molar-refractivity contribution in [3.8, 4) is 0 Å². The standard InChI is InChI=1S/C23H36O12S8/c1-2-19(25)35-18(6-32-21(27)9-38)13-42-41-12-17(5-31-20(26)8-37)30-3-15(24)11-40-43-14-23(29)33-4-16(7-36)34-22(28)10-39/h16-18,36-39H,2-14H2,1H3. The fourth-order valence-corrected chi connectivity index (χ4v) is 6.79. The number of Topliss-reactive ketones (excluding diaryl/α,β-unsaturated/α-hetero) is 1. The molecule has 0 amide bonds. The average Bonchev–Trinajstić information content (AvgIpc) is 3.01. The van der Waals surface area contributed by atoms with Crippen molar-refractivity contribution in [2.45, 2.75) is 31.7 Å². The van der Waals surface area contributed by atoms with E-state index in [9.17, 15) is 28.8 Å². The minimum absolute atomic E-state index is 0.0306. The Bertz CT molecular complexity index is 866. The van der Waals surface area contributed by atoms with Crippen LogP contribution >= 0.6 is 93.7 Å². The molecule has 3 atom stereocenters. The van der Waals surface area contributed by atoms with Gasteiger partial charge in [0.2, 0.25) is 0 Å². The van der Waals surface area contributed by atoms with Gasteiger partial charge in [0.05, 0.1) is 23.0 Å². The minimum atomic E-state index is -0.678. The Labute approximate surface area is 288 Å². The third-order valence-corrected chi connectivity index (χ3v) is 10.2. The van der Waals surface area contributed by atoms with Gasteiger partial charge in [-0.1, -0.05) is 50.1 Å². The summed E-state index contributed by atoms with van der Waals surface area (Å²) in [7, 11) is 4.94. The van der Waals surface area contributed by atoms with E-state index >= 15 is 0 Å². The van der Waals surface area contributed by atoms with Crippen LogP contribution in [0.4, 0.5) is 0 Å². The maximum absolute atomic E-state index is 12.3. The number of ketones is 1. The first-order valence-electron chi connectivity index (χ1n) is 12.5. The molecule has 0 aliphatic carbocycles. The van der Waals surface area contributed by atoms with Crippen LogP contribution in [-0.2, 0) is 57.2 Å². The minimum Gasteiger partial charge on any atom is -0.462 e. The normalized spacial score (nSPS) is 12.9. The predicted octanol–water partition coefficient (Wildman–Crippen LogP) is 2.29. The Morgan fingerprint density at radius 2 is 1.07 bits per heavy atom. The zero-order chi connectivity index (χ0) is 32.5. The molecule has 0 aromatic rings. The van der Waals surface area contributed by atoms with Gasteiger partial charge in [-0.15, -0.1) is 0 Å². The van der Waals surface area contributed by atoms with Crippen molar-refractivity contribution in [2.75, 3.05) is 72.5 Å². The molecule has 0 N–H and O–H groups in total. The lowest BCUT2D eigenvalue weighted by atomic mass is 10.4. The quantitative estimate of drug-likeness (QED) is 0.0335. The van der Waals surface area contributed by atoms with Crippen LogP contribution in [0.25, 0.3) is 0 Å². The van der Waals surface area contributed by atoms with Gasteiger partial charge in [-0.25, -0.2) is 0 Å². The van der Waals surface area contributed by atoms with Crippen molar-refractivity contribution in [3.63, 3.8) is 0 Å². The van der Waals surface area contributed by atoms with Crippen molar-refractivity contribution < 1.29 is 57.2 Å². The molecule has 0 bridgehead atoms. The lowest BCUT2D eigenvalue weighted by molar-refractivity contribution is -0.156. The number of hydrogen-bond donors (Lipinski definition) is 4. The Kier molecular flexibility index (Phi) is 27.9. The molecule has 20 heteroatoms. The number of carbonyl (C=O) groups excluding carboxylic acids is 6. The molecule has 0 saturated carbocycles. The van der Waals surface area contributed by atoms with E-state index < -0.39 is 48.2 Å². The largest absolute Gasteiger partial charge is 0.462 e. The molecule has 43 heavy (non-hydrogen) atoms. The summed E-state index contributed by atoms with van der Waals surface area (Å²) in [6.45, 7) is 1.06. The van der Waals surface area contributed by atoms with Gasteiger partial charge < -0.3 is 28.4 Å². The van der Waals surface area contributed by atoms with Gasteiger partial charge in [0.1, 0.15) is 50.5 Å². The van der Waals surface area contributed by atoms with Crippen LogP contribution < -0.4 is 0 Å². The molecule has 0 aliphatic rings. The van der Waals surface area contributed by atoms with E-state index in [1.165, 1.54) is 21.6 Å². The van der Waals surface area contributed by atoms with Crippen LogP contribution in [0.3, 0.4) is 0 Å². The van der Waals surface area contributed by atoms with Crippen LogP contribution in [0.1, 0.15) is 13.3 Å². The van der Waals surface area contributed by atoms with Crippen molar-refractivity contribution in [1.82, 2.24) is 0 Å². The highest BCUT2D eigenvalue weighted by molar-refractivity contribution is 8.77. The number of esters is 5. The lowest BCUT2D eigenvalue weighted by Crippen LogP contribution is -2.28. The SMILES string of the molecule is CCC(=O)OC(COC(=O)CS)CSSCC(COC(=O)CS)OCC(=O)CSSCC(=O)OCC(CS)OC(=O)CS. The molecule has 0 radical (unpaired) electrons. The third-order valence-electron chi connectivity index (χ3n) is 4.32. The van der Waals surface area contributed by atoms with Crippen LogP contribution in [0, 0.1) is 0 Å². The van der Waals surface area contributed by atoms with Crippen LogP contribution in [0.2, 0.25) is 0 Å². The maximum Gasteiger partial charge on any atom is 0.316 e. The molecule has 0 aliphatic heterocycles. The predicted molar refractivity (Wildman–Crippen MR) is 183 cm³/mol. The molecule has 0 heterocycles. The Balaban J connectivity index is 4.54. The summed E-state index contributed by atoms with van der Waals surface area (Å²) in [6.07, 6.45) is -1.79. The van der Waals surface area contributed by atoms with Crippen molar-refractivity contribution in [1.29, 1.82) is 0 Å². The number of hydrogen-bond acceptors (Lipinski definition) is 20. The van der Waals surface area contributed by atoms with E-state index in [1.807, 2.05) is 0 Å². The van der Waals surface area contributed by atoms with E-state index in [-0.39, 0.29) is 73.1 Å². The van der Waals surface area contributed by atoms with Gasteiger partial charge >= 0.3 is 29.8 Å². The second-order valence-electron chi connectivity index (χ2n) is 7.85. The monoisotopic (exact) mass is 760 g/mol. The molecule has 248 valence electrons. The summed E-state index contributed by atoms with van der Waals surface area (Å²) in [4.78, 5) is 70.1. The van der Waals surface area contributed by atoms with E-state index in [0.29, 0.717) is 11.5 Å². The van der Waals surface area contributed by atoms with Gasteiger partial charge in [0.25, 0.3) is 0 Å². The fraction of sp³-hybridized carbons (Fsp3) is 0.739. The van der Waals surface area contributed by atoms with Crippen LogP contribution in [0.15, 0.2) is 0 Å². The Morgan fingerprint density at radius 3 is 1.63 bits per heavy atom. The molecule has 3 unspecified atom stereocenters. The van der Waals surface area contributed by atoms with E-state index in [4.69, 9.17) is 28.4 Å². The van der Waals surface area contributed by atoms with Crippen molar-refractivity contribution in [2.24, 2.45) is 0 Å². The Hall–Kier alpha value is -0.220. The Morgan fingerprint density at radius 1 is 0.581 bits per heavy atom. The number of carbonyl (C=O) groups is 6. The summed E-state index contributed by atoms with van der Waals surface area (Å²) in [5.74, 6) is -2.33. The first-order chi connectivity index (χ1) is 20.6. The maximum atomic E-state index is 12.3. The molecular weight excluding hydrogens is 725 g/mol. The van der Waals surface area contributed by atoms with Crippen LogP contribution in [-0.4, -0.2) is 126 Å². The summed E-state index contributed by atoms with van der Waals surface area (Å²) >= 11 is 15.6. The van der Waals surface area contributed by atoms with Gasteiger partial charge in [-0.2, -0.15) is 50.5 Å². The molecule has 0 spiro atoms. The number of rotatable bonds is 26. The van der Waals surface area contributed by atoms with Gasteiger partial charge in [0.15, 0.2) is 5.78 Å². The highest BCUT2D eigenvalue weighted by atomic mass is 33.1. The molecule has 0 saturated heterocycles. The number of ether oxygens (including phenoxy) is 6. The van der Waals surface area contributed by atoms with Crippen molar-refractivity contribution >= 4 is 129 Å². The van der Waals surface area contributed by atoms with Gasteiger partial charge in [-0.3, -0.25) is 28.8 Å². The third kappa shape index (κ3) is 24.7. The molecule has 0 rings (SSSR count). The average molecular weight is 761 g/mol.